The first-order valence-electron chi connectivity index (χ1n) is 5.85. The number of halogens is 1. The number of hydrogen-bond acceptors (Lipinski definition) is 4. The minimum absolute atomic E-state index is 0.0370. The first-order chi connectivity index (χ1) is 9.06. The standard InChI is InChI=1S/C13H13BrN2O3/c1-8(7-12(17)18)6-11-15-13(16-19-11)9-4-2-3-5-10(9)14/h2-5,8H,6-7H2,1H3,(H,17,18). The van der Waals surface area contributed by atoms with Gasteiger partial charge >= 0.3 is 5.97 Å². The molecule has 6 heteroatoms. The normalized spacial score (nSPS) is 12.3. The summed E-state index contributed by atoms with van der Waals surface area (Å²) in [6.07, 6.45) is 0.552. The molecule has 0 aliphatic carbocycles. The van der Waals surface area contributed by atoms with E-state index in [9.17, 15) is 4.79 Å². The smallest absolute Gasteiger partial charge is 0.303 e. The van der Waals surface area contributed by atoms with Crippen molar-refractivity contribution in [3.8, 4) is 11.4 Å². The lowest BCUT2D eigenvalue weighted by molar-refractivity contribution is -0.137. The van der Waals surface area contributed by atoms with Crippen molar-refractivity contribution in [2.75, 3.05) is 0 Å². The summed E-state index contributed by atoms with van der Waals surface area (Å²) in [5, 5.41) is 12.6. The van der Waals surface area contributed by atoms with Gasteiger partial charge in [-0.1, -0.05) is 40.1 Å². The Morgan fingerprint density at radius 3 is 2.89 bits per heavy atom. The van der Waals surface area contributed by atoms with E-state index in [0.29, 0.717) is 18.1 Å². The molecule has 1 heterocycles. The highest BCUT2D eigenvalue weighted by molar-refractivity contribution is 9.10. The Balaban J connectivity index is 2.11. The monoisotopic (exact) mass is 324 g/mol. The van der Waals surface area contributed by atoms with E-state index in [1.54, 1.807) is 0 Å². The Kier molecular flexibility index (Phi) is 4.31. The van der Waals surface area contributed by atoms with Gasteiger partial charge in [0.25, 0.3) is 0 Å². The molecule has 5 nitrogen and oxygen atoms in total. The van der Waals surface area contributed by atoms with E-state index in [4.69, 9.17) is 9.63 Å². The molecule has 0 fully saturated rings. The molecule has 0 aliphatic heterocycles. The molecular weight excluding hydrogens is 312 g/mol. The average molecular weight is 325 g/mol. The number of aromatic nitrogens is 2. The van der Waals surface area contributed by atoms with Gasteiger partial charge in [-0.05, 0) is 18.1 Å². The van der Waals surface area contributed by atoms with Crippen molar-refractivity contribution < 1.29 is 14.4 Å². The van der Waals surface area contributed by atoms with E-state index >= 15 is 0 Å². The topological polar surface area (TPSA) is 76.2 Å². The van der Waals surface area contributed by atoms with Crippen LogP contribution in [0.15, 0.2) is 33.3 Å². The number of aliphatic carboxylic acids is 1. The summed E-state index contributed by atoms with van der Waals surface area (Å²) >= 11 is 3.43. The summed E-state index contributed by atoms with van der Waals surface area (Å²) in [4.78, 5) is 14.9. The van der Waals surface area contributed by atoms with Gasteiger partial charge in [-0.2, -0.15) is 4.98 Å². The van der Waals surface area contributed by atoms with Gasteiger partial charge in [0.1, 0.15) is 0 Å². The van der Waals surface area contributed by atoms with Crippen LogP contribution >= 0.6 is 15.9 Å². The van der Waals surface area contributed by atoms with Gasteiger partial charge in [0, 0.05) is 22.9 Å². The van der Waals surface area contributed by atoms with Crippen molar-refractivity contribution in [1.29, 1.82) is 0 Å². The van der Waals surface area contributed by atoms with Crippen molar-refractivity contribution in [2.45, 2.75) is 19.8 Å². The van der Waals surface area contributed by atoms with E-state index in [0.717, 1.165) is 10.0 Å². The van der Waals surface area contributed by atoms with Crippen LogP contribution in [0.3, 0.4) is 0 Å². The third-order valence-corrected chi connectivity index (χ3v) is 3.32. The number of carboxylic acids is 1. The van der Waals surface area contributed by atoms with E-state index in [1.807, 2.05) is 31.2 Å². The lowest BCUT2D eigenvalue weighted by atomic mass is 10.0. The van der Waals surface area contributed by atoms with Crippen LogP contribution in [-0.4, -0.2) is 21.2 Å². The lowest BCUT2D eigenvalue weighted by Gasteiger charge is -2.03. The number of carboxylic acid groups (broad SMARTS) is 1. The van der Waals surface area contributed by atoms with Crippen LogP contribution in [0.4, 0.5) is 0 Å². The molecule has 0 aliphatic rings. The highest BCUT2D eigenvalue weighted by atomic mass is 79.9. The van der Waals surface area contributed by atoms with Crippen LogP contribution in [0.25, 0.3) is 11.4 Å². The number of benzene rings is 1. The minimum Gasteiger partial charge on any atom is -0.481 e. The number of nitrogens with zero attached hydrogens (tertiary/aromatic N) is 2. The summed E-state index contributed by atoms with van der Waals surface area (Å²) in [6, 6.07) is 7.59. The van der Waals surface area contributed by atoms with Crippen molar-refractivity contribution in [3.63, 3.8) is 0 Å². The second-order valence-corrected chi connectivity index (χ2v) is 5.25. The SMILES string of the molecule is CC(CC(=O)O)Cc1nc(-c2ccccc2Br)no1. The fourth-order valence-electron chi connectivity index (χ4n) is 1.76. The zero-order chi connectivity index (χ0) is 13.8. The molecule has 0 spiro atoms. The molecule has 0 saturated carbocycles. The predicted octanol–water partition coefficient (Wildman–Crippen LogP) is 3.15. The molecule has 100 valence electrons. The fourth-order valence-corrected chi connectivity index (χ4v) is 2.22. The molecular formula is C13H13BrN2O3. The lowest BCUT2D eigenvalue weighted by Crippen LogP contribution is -2.07. The molecule has 1 aromatic heterocycles. The highest BCUT2D eigenvalue weighted by Gasteiger charge is 2.15. The summed E-state index contributed by atoms with van der Waals surface area (Å²) in [7, 11) is 0. The molecule has 0 saturated heterocycles. The average Bonchev–Trinajstić information content (AvgIpc) is 2.76. The van der Waals surface area contributed by atoms with Crippen molar-refractivity contribution in [1.82, 2.24) is 10.1 Å². The summed E-state index contributed by atoms with van der Waals surface area (Å²) in [5.41, 5.74) is 0.850. The van der Waals surface area contributed by atoms with Crippen LogP contribution in [0.1, 0.15) is 19.2 Å². The van der Waals surface area contributed by atoms with Gasteiger partial charge in [0.05, 0.1) is 0 Å². The maximum atomic E-state index is 10.6. The molecule has 1 unspecified atom stereocenters. The Morgan fingerprint density at radius 1 is 1.47 bits per heavy atom. The maximum absolute atomic E-state index is 10.6. The van der Waals surface area contributed by atoms with Gasteiger partial charge < -0.3 is 9.63 Å². The molecule has 1 N–H and O–H groups in total. The van der Waals surface area contributed by atoms with E-state index in [1.165, 1.54) is 0 Å². The quantitative estimate of drug-likeness (QED) is 0.914. The zero-order valence-corrected chi connectivity index (χ0v) is 11.9. The van der Waals surface area contributed by atoms with Crippen molar-refractivity contribution >= 4 is 21.9 Å². The second-order valence-electron chi connectivity index (χ2n) is 4.40. The number of rotatable bonds is 5. The molecule has 0 radical (unpaired) electrons. The third kappa shape index (κ3) is 3.64. The molecule has 1 atom stereocenters. The minimum atomic E-state index is -0.821. The molecule has 2 rings (SSSR count). The van der Waals surface area contributed by atoms with Gasteiger partial charge in [-0.25, -0.2) is 0 Å². The Morgan fingerprint density at radius 2 is 2.21 bits per heavy atom. The van der Waals surface area contributed by atoms with Crippen molar-refractivity contribution in [2.24, 2.45) is 5.92 Å². The van der Waals surface area contributed by atoms with Gasteiger partial charge in [-0.3, -0.25) is 4.79 Å². The van der Waals surface area contributed by atoms with E-state index in [-0.39, 0.29) is 12.3 Å². The van der Waals surface area contributed by atoms with E-state index in [2.05, 4.69) is 26.1 Å². The molecule has 0 bridgehead atoms. The Hall–Kier alpha value is -1.69. The van der Waals surface area contributed by atoms with Crippen molar-refractivity contribution in [3.05, 3.63) is 34.6 Å². The first kappa shape index (κ1) is 13.7. The largest absolute Gasteiger partial charge is 0.481 e. The Labute approximate surface area is 118 Å². The summed E-state index contributed by atoms with van der Waals surface area (Å²) < 4.78 is 6.04. The predicted molar refractivity (Wildman–Crippen MR) is 72.6 cm³/mol. The van der Waals surface area contributed by atoms with Gasteiger partial charge in [-0.15, -0.1) is 0 Å². The summed E-state index contributed by atoms with van der Waals surface area (Å²) in [6.45, 7) is 1.84. The Bertz CT molecular complexity index is 583. The molecule has 2 aromatic rings. The summed E-state index contributed by atoms with van der Waals surface area (Å²) in [5.74, 6) is 0.104. The van der Waals surface area contributed by atoms with Crippen LogP contribution in [0, 0.1) is 5.92 Å². The fraction of sp³-hybridized carbons (Fsp3) is 0.308. The second kappa shape index (κ2) is 5.97. The molecule has 19 heavy (non-hydrogen) atoms. The number of carbonyl (C=O) groups is 1. The maximum Gasteiger partial charge on any atom is 0.303 e. The third-order valence-electron chi connectivity index (χ3n) is 2.63. The number of hydrogen-bond donors (Lipinski definition) is 1. The van der Waals surface area contributed by atoms with Crippen LogP contribution in [-0.2, 0) is 11.2 Å². The van der Waals surface area contributed by atoms with Crippen LogP contribution in [0.2, 0.25) is 0 Å². The highest BCUT2D eigenvalue weighted by Crippen LogP contribution is 2.25. The molecule has 0 amide bonds. The van der Waals surface area contributed by atoms with Gasteiger partial charge in [0.15, 0.2) is 0 Å². The van der Waals surface area contributed by atoms with Crippen LogP contribution in [0.5, 0.6) is 0 Å². The van der Waals surface area contributed by atoms with E-state index < -0.39 is 5.97 Å². The van der Waals surface area contributed by atoms with Gasteiger partial charge in [0.2, 0.25) is 11.7 Å². The molecule has 1 aromatic carbocycles. The van der Waals surface area contributed by atoms with Crippen LogP contribution < -0.4 is 0 Å². The first-order valence-corrected chi connectivity index (χ1v) is 6.65. The zero-order valence-electron chi connectivity index (χ0n) is 10.3.